The van der Waals surface area contributed by atoms with E-state index in [1.807, 2.05) is 54.6 Å². The summed E-state index contributed by atoms with van der Waals surface area (Å²) in [4.78, 5) is 13.1. The van der Waals surface area contributed by atoms with Gasteiger partial charge in [0.2, 0.25) is 0 Å². The van der Waals surface area contributed by atoms with Gasteiger partial charge in [0.25, 0.3) is 0 Å². The number of carbonyl (C=O) groups is 1. The van der Waals surface area contributed by atoms with Crippen LogP contribution >= 0.6 is 0 Å². The van der Waals surface area contributed by atoms with Gasteiger partial charge in [-0.05, 0) is 24.0 Å². The van der Waals surface area contributed by atoms with Gasteiger partial charge >= 0.3 is 0 Å². The lowest BCUT2D eigenvalue weighted by Crippen LogP contribution is -2.25. The summed E-state index contributed by atoms with van der Waals surface area (Å²) in [5.74, 6) is 0.110. The van der Waals surface area contributed by atoms with E-state index in [9.17, 15) is 4.79 Å². The average molecular weight is 324 g/mol. The molecule has 24 heavy (non-hydrogen) atoms. The molecular weight excluding hydrogens is 296 g/mol. The molecule has 2 heteroatoms. The normalized spacial score (nSPS) is 12.1. The molecule has 0 fully saturated rings. The fourth-order valence-corrected chi connectivity index (χ4v) is 2.79. The largest absolute Gasteiger partial charge is 0.370 e. The molecule has 1 atom stereocenters. The van der Waals surface area contributed by atoms with Crippen molar-refractivity contribution in [1.29, 1.82) is 0 Å². The van der Waals surface area contributed by atoms with E-state index < -0.39 is 0 Å². The van der Waals surface area contributed by atoms with Crippen LogP contribution in [-0.2, 0) is 4.74 Å². The number of hydrogen-bond donors (Lipinski definition) is 0. The Morgan fingerprint density at radius 2 is 1.58 bits per heavy atom. The highest BCUT2D eigenvalue weighted by Crippen LogP contribution is 2.26. The molecule has 0 amide bonds. The lowest BCUT2D eigenvalue weighted by molar-refractivity contribution is 0.0361. The maximum atomic E-state index is 13.1. The molecule has 128 valence electrons. The molecule has 0 saturated heterocycles. The van der Waals surface area contributed by atoms with Crippen LogP contribution in [0.1, 0.15) is 56.3 Å². The van der Waals surface area contributed by atoms with Gasteiger partial charge in [-0.1, -0.05) is 87.7 Å². The average Bonchev–Trinajstić information content (AvgIpc) is 2.65. The summed E-state index contributed by atoms with van der Waals surface area (Å²) in [6.45, 7) is 4.94. The standard InChI is InChI=1S/C22H28O2/c1-3-5-16-21(24-17-6-4-2)22(23)20-15-11-10-14-19(20)18-12-8-7-9-13-18/h7-15,21H,3-6,16-17H2,1-2H3. The van der Waals surface area contributed by atoms with Crippen molar-refractivity contribution in [3.05, 3.63) is 60.2 Å². The minimum atomic E-state index is -0.332. The monoisotopic (exact) mass is 324 g/mol. The van der Waals surface area contributed by atoms with Gasteiger partial charge in [-0.3, -0.25) is 4.79 Å². The molecule has 0 aromatic heterocycles. The fourth-order valence-electron chi connectivity index (χ4n) is 2.79. The van der Waals surface area contributed by atoms with Crippen LogP contribution in [-0.4, -0.2) is 18.5 Å². The third kappa shape index (κ3) is 5.04. The first-order valence-electron chi connectivity index (χ1n) is 9.08. The van der Waals surface area contributed by atoms with Crippen LogP contribution in [0.2, 0.25) is 0 Å². The van der Waals surface area contributed by atoms with Crippen molar-refractivity contribution >= 4 is 5.78 Å². The van der Waals surface area contributed by atoms with E-state index in [0.717, 1.165) is 48.8 Å². The molecule has 0 aliphatic heterocycles. The summed E-state index contributed by atoms with van der Waals surface area (Å²) in [5, 5.41) is 0. The molecule has 0 radical (unpaired) electrons. The Kier molecular flexibility index (Phi) is 7.70. The van der Waals surface area contributed by atoms with E-state index in [1.54, 1.807) is 0 Å². The first kappa shape index (κ1) is 18.4. The lowest BCUT2D eigenvalue weighted by Gasteiger charge is -2.18. The van der Waals surface area contributed by atoms with Gasteiger partial charge in [0, 0.05) is 12.2 Å². The first-order valence-corrected chi connectivity index (χ1v) is 9.08. The molecule has 2 aromatic rings. The van der Waals surface area contributed by atoms with E-state index in [4.69, 9.17) is 4.74 Å². The molecule has 0 saturated carbocycles. The summed E-state index contributed by atoms with van der Waals surface area (Å²) in [5.41, 5.74) is 2.83. The number of Topliss-reactive ketones (excluding diaryl/α,β-unsaturated/α-hetero) is 1. The number of rotatable bonds is 10. The molecule has 0 N–H and O–H groups in total. The van der Waals surface area contributed by atoms with Gasteiger partial charge in [0.1, 0.15) is 6.10 Å². The minimum Gasteiger partial charge on any atom is -0.370 e. The lowest BCUT2D eigenvalue weighted by atomic mass is 9.93. The van der Waals surface area contributed by atoms with Gasteiger partial charge < -0.3 is 4.74 Å². The van der Waals surface area contributed by atoms with E-state index >= 15 is 0 Å². The zero-order chi connectivity index (χ0) is 17.2. The number of benzene rings is 2. The molecule has 0 heterocycles. The topological polar surface area (TPSA) is 26.3 Å². The summed E-state index contributed by atoms with van der Waals surface area (Å²) >= 11 is 0. The number of ether oxygens (including phenoxy) is 1. The van der Waals surface area contributed by atoms with Gasteiger partial charge in [-0.15, -0.1) is 0 Å². The van der Waals surface area contributed by atoms with Gasteiger partial charge in [-0.2, -0.15) is 0 Å². The van der Waals surface area contributed by atoms with E-state index in [-0.39, 0.29) is 11.9 Å². The quantitative estimate of drug-likeness (QED) is 0.401. The highest BCUT2D eigenvalue weighted by atomic mass is 16.5. The van der Waals surface area contributed by atoms with E-state index in [0.29, 0.717) is 6.61 Å². The number of carbonyl (C=O) groups excluding carboxylic acids is 1. The number of unbranched alkanes of at least 4 members (excludes halogenated alkanes) is 2. The molecule has 2 rings (SSSR count). The van der Waals surface area contributed by atoms with Crippen LogP contribution in [0.3, 0.4) is 0 Å². The molecule has 0 spiro atoms. The van der Waals surface area contributed by atoms with Crippen LogP contribution < -0.4 is 0 Å². The van der Waals surface area contributed by atoms with Crippen LogP contribution in [0.25, 0.3) is 11.1 Å². The molecule has 1 unspecified atom stereocenters. The van der Waals surface area contributed by atoms with Crippen molar-refractivity contribution in [2.45, 2.75) is 52.1 Å². The van der Waals surface area contributed by atoms with Crippen molar-refractivity contribution in [2.75, 3.05) is 6.61 Å². The second kappa shape index (κ2) is 10.0. The summed E-state index contributed by atoms with van der Waals surface area (Å²) in [6, 6.07) is 18.0. The number of ketones is 1. The SMILES string of the molecule is CCCCOC(CCCC)C(=O)c1ccccc1-c1ccccc1. The van der Waals surface area contributed by atoms with Gasteiger partial charge in [-0.25, -0.2) is 0 Å². The van der Waals surface area contributed by atoms with Crippen LogP contribution in [0.15, 0.2) is 54.6 Å². The van der Waals surface area contributed by atoms with Crippen molar-refractivity contribution in [3.8, 4) is 11.1 Å². The van der Waals surface area contributed by atoms with Gasteiger partial charge in [0.15, 0.2) is 5.78 Å². The zero-order valence-electron chi connectivity index (χ0n) is 14.8. The summed E-state index contributed by atoms with van der Waals surface area (Å²) < 4.78 is 5.94. The van der Waals surface area contributed by atoms with Crippen LogP contribution in [0.4, 0.5) is 0 Å². The molecule has 0 bridgehead atoms. The Hall–Kier alpha value is -1.93. The number of hydrogen-bond acceptors (Lipinski definition) is 2. The predicted octanol–water partition coefficient (Wildman–Crippen LogP) is 5.91. The first-order chi connectivity index (χ1) is 11.8. The zero-order valence-corrected chi connectivity index (χ0v) is 14.8. The van der Waals surface area contributed by atoms with Crippen molar-refractivity contribution < 1.29 is 9.53 Å². The Bertz CT molecular complexity index is 619. The third-order valence-electron chi connectivity index (χ3n) is 4.21. The highest BCUT2D eigenvalue weighted by molar-refractivity contribution is 6.05. The Morgan fingerprint density at radius 1 is 0.917 bits per heavy atom. The summed E-state index contributed by atoms with van der Waals surface area (Å²) in [7, 11) is 0. The minimum absolute atomic E-state index is 0.110. The second-order valence-electron chi connectivity index (χ2n) is 6.13. The molecule has 0 aliphatic carbocycles. The Labute approximate surface area is 145 Å². The van der Waals surface area contributed by atoms with E-state index in [1.165, 1.54) is 0 Å². The molecular formula is C22H28O2. The Balaban J connectivity index is 2.25. The molecule has 2 aromatic carbocycles. The molecule has 2 nitrogen and oxygen atoms in total. The third-order valence-corrected chi connectivity index (χ3v) is 4.21. The maximum absolute atomic E-state index is 13.1. The second-order valence-corrected chi connectivity index (χ2v) is 6.13. The van der Waals surface area contributed by atoms with Crippen molar-refractivity contribution in [2.24, 2.45) is 0 Å². The van der Waals surface area contributed by atoms with E-state index in [2.05, 4.69) is 13.8 Å². The predicted molar refractivity (Wildman–Crippen MR) is 100 cm³/mol. The molecule has 0 aliphatic rings. The highest BCUT2D eigenvalue weighted by Gasteiger charge is 2.22. The fraction of sp³-hybridized carbons (Fsp3) is 0.409. The van der Waals surface area contributed by atoms with Gasteiger partial charge in [0.05, 0.1) is 0 Å². The van der Waals surface area contributed by atoms with Crippen LogP contribution in [0, 0.1) is 0 Å². The van der Waals surface area contributed by atoms with Crippen LogP contribution in [0.5, 0.6) is 0 Å². The summed E-state index contributed by atoms with van der Waals surface area (Å²) in [6.07, 6.45) is 4.62. The van der Waals surface area contributed by atoms with Crippen molar-refractivity contribution in [1.82, 2.24) is 0 Å². The maximum Gasteiger partial charge on any atom is 0.192 e. The Morgan fingerprint density at radius 3 is 2.29 bits per heavy atom. The van der Waals surface area contributed by atoms with Crippen molar-refractivity contribution in [3.63, 3.8) is 0 Å². The smallest absolute Gasteiger partial charge is 0.192 e.